The van der Waals surface area contributed by atoms with Crippen molar-refractivity contribution in [3.8, 4) is 0 Å². The fraction of sp³-hybridized carbons (Fsp3) is 0.333. The van der Waals surface area contributed by atoms with Gasteiger partial charge in [0.05, 0.1) is 22.5 Å². The number of benzene rings is 1. The quantitative estimate of drug-likeness (QED) is 0.562. The molecular weight excluding hydrogens is 333 g/mol. The fourth-order valence-electron chi connectivity index (χ4n) is 4.33. The van der Waals surface area contributed by atoms with Gasteiger partial charge in [-0.15, -0.1) is 0 Å². The number of fused-ring (bicyclic) bond motifs is 5. The van der Waals surface area contributed by atoms with Crippen molar-refractivity contribution in [2.75, 3.05) is 4.90 Å². The van der Waals surface area contributed by atoms with Crippen LogP contribution < -0.4 is 4.90 Å². The van der Waals surface area contributed by atoms with Crippen LogP contribution in [0.5, 0.6) is 0 Å². The molecule has 1 aromatic carbocycles. The van der Waals surface area contributed by atoms with Gasteiger partial charge in [-0.1, -0.05) is 46.5 Å². The van der Waals surface area contributed by atoms with E-state index in [0.717, 1.165) is 0 Å². The number of hydrogen-bond acceptors (Lipinski definition) is 2. The molecule has 2 amide bonds. The molecule has 0 unspecified atom stereocenters. The number of allylic oxidation sites excluding steroid dienone is 4. The van der Waals surface area contributed by atoms with Crippen LogP contribution in [0.15, 0.2) is 41.5 Å². The van der Waals surface area contributed by atoms with E-state index in [2.05, 4.69) is 12.2 Å². The Balaban J connectivity index is 1.79. The maximum absolute atomic E-state index is 12.9. The molecular formula is C18H15Cl2NO2. The standard InChI is InChI=1S/C18H15Cl2NO2/c1-8(2)14-10-4-5-11(14)16-15(10)17(22)21(18(16)23)13-6-3-9(19)7-12(13)20/h3-7,10-11,15-16H,1-2H3/t10-,11-,15+,16+/m1/s1. The number of rotatable bonds is 1. The number of carbonyl (C=O) groups excluding carboxylic acids is 2. The largest absolute Gasteiger partial charge is 0.274 e. The van der Waals surface area contributed by atoms with Crippen molar-refractivity contribution in [1.82, 2.24) is 0 Å². The number of nitrogens with zero attached hydrogens (tertiary/aromatic N) is 1. The molecule has 2 aliphatic carbocycles. The summed E-state index contributed by atoms with van der Waals surface area (Å²) in [5.74, 6) is -0.812. The Morgan fingerprint density at radius 1 is 1.00 bits per heavy atom. The van der Waals surface area contributed by atoms with E-state index in [0.29, 0.717) is 15.7 Å². The summed E-state index contributed by atoms with van der Waals surface area (Å²) in [5.41, 5.74) is 2.87. The first-order valence-electron chi connectivity index (χ1n) is 7.60. The molecule has 4 atom stereocenters. The van der Waals surface area contributed by atoms with Gasteiger partial charge in [-0.25, -0.2) is 4.90 Å². The zero-order chi connectivity index (χ0) is 16.5. The second-order valence-corrected chi connectivity index (χ2v) is 7.39. The monoisotopic (exact) mass is 347 g/mol. The average Bonchev–Trinajstić information content (AvgIpc) is 3.11. The van der Waals surface area contributed by atoms with Gasteiger partial charge in [-0.2, -0.15) is 0 Å². The highest BCUT2D eigenvalue weighted by Gasteiger charge is 2.62. The highest BCUT2D eigenvalue weighted by atomic mass is 35.5. The van der Waals surface area contributed by atoms with Crippen molar-refractivity contribution in [3.63, 3.8) is 0 Å². The number of halogens is 2. The molecule has 0 N–H and O–H groups in total. The van der Waals surface area contributed by atoms with Crippen molar-refractivity contribution in [2.24, 2.45) is 23.7 Å². The molecule has 0 aromatic heterocycles. The average molecular weight is 348 g/mol. The zero-order valence-electron chi connectivity index (χ0n) is 12.7. The second-order valence-electron chi connectivity index (χ2n) is 6.55. The normalized spacial score (nSPS) is 31.3. The fourth-order valence-corrected chi connectivity index (χ4v) is 4.82. The third-order valence-corrected chi connectivity index (χ3v) is 5.68. The van der Waals surface area contributed by atoms with Crippen molar-refractivity contribution in [2.45, 2.75) is 13.8 Å². The van der Waals surface area contributed by atoms with Crippen LogP contribution in [0.4, 0.5) is 5.69 Å². The number of carbonyl (C=O) groups is 2. The first kappa shape index (κ1) is 15.0. The number of imide groups is 1. The Labute approximate surface area is 144 Å². The SMILES string of the molecule is CC(C)=C1[C@H]2C=C[C@H]1[C@@H]1C(=O)N(c3ccc(Cl)cc3Cl)C(=O)[C@H]12. The van der Waals surface area contributed by atoms with Gasteiger partial charge >= 0.3 is 0 Å². The minimum absolute atomic E-state index is 0.0440. The second kappa shape index (κ2) is 4.96. The molecule has 5 heteroatoms. The van der Waals surface area contributed by atoms with Gasteiger partial charge in [0.15, 0.2) is 0 Å². The summed E-state index contributed by atoms with van der Waals surface area (Å²) in [6.07, 6.45) is 4.15. The summed E-state index contributed by atoms with van der Waals surface area (Å²) in [7, 11) is 0. The molecule has 3 nitrogen and oxygen atoms in total. The number of hydrogen-bond donors (Lipinski definition) is 0. The van der Waals surface area contributed by atoms with Gasteiger partial charge in [0.1, 0.15) is 0 Å². The van der Waals surface area contributed by atoms with Gasteiger partial charge in [0.2, 0.25) is 11.8 Å². The first-order valence-corrected chi connectivity index (χ1v) is 8.36. The molecule has 1 aromatic rings. The van der Waals surface area contributed by atoms with Gasteiger partial charge < -0.3 is 0 Å². The van der Waals surface area contributed by atoms with Gasteiger partial charge in [-0.3, -0.25) is 9.59 Å². The van der Waals surface area contributed by atoms with Gasteiger partial charge in [0, 0.05) is 16.9 Å². The summed E-state index contributed by atoms with van der Waals surface area (Å²) in [6, 6.07) is 4.84. The lowest BCUT2D eigenvalue weighted by Gasteiger charge is -2.20. The van der Waals surface area contributed by atoms with E-state index in [1.807, 2.05) is 13.8 Å². The number of amides is 2. The molecule has 23 heavy (non-hydrogen) atoms. The lowest BCUT2D eigenvalue weighted by atomic mass is 9.85. The summed E-state index contributed by atoms with van der Waals surface area (Å²) in [4.78, 5) is 27.2. The van der Waals surface area contributed by atoms with Crippen LogP contribution in [-0.2, 0) is 9.59 Å². The lowest BCUT2D eigenvalue weighted by Crippen LogP contribution is -2.33. The topological polar surface area (TPSA) is 37.4 Å². The van der Waals surface area contributed by atoms with Gasteiger partial charge in [-0.05, 0) is 32.0 Å². The molecule has 2 fully saturated rings. The van der Waals surface area contributed by atoms with Crippen LogP contribution >= 0.6 is 23.2 Å². The molecule has 1 aliphatic heterocycles. The van der Waals surface area contributed by atoms with E-state index in [1.165, 1.54) is 16.0 Å². The minimum atomic E-state index is -0.297. The van der Waals surface area contributed by atoms with E-state index in [9.17, 15) is 9.59 Å². The van der Waals surface area contributed by atoms with Crippen LogP contribution in [-0.4, -0.2) is 11.8 Å². The van der Waals surface area contributed by atoms with Crippen molar-refractivity contribution in [3.05, 3.63) is 51.5 Å². The maximum atomic E-state index is 12.9. The Bertz CT molecular complexity index is 773. The third kappa shape index (κ3) is 1.90. The molecule has 4 rings (SSSR count). The Morgan fingerprint density at radius 2 is 1.57 bits per heavy atom. The van der Waals surface area contributed by atoms with E-state index in [1.54, 1.807) is 18.2 Å². The lowest BCUT2D eigenvalue weighted by molar-refractivity contribution is -0.122. The summed E-state index contributed by atoms with van der Waals surface area (Å²) in [6.45, 7) is 4.10. The first-order chi connectivity index (χ1) is 10.9. The Morgan fingerprint density at radius 3 is 2.04 bits per heavy atom. The maximum Gasteiger partial charge on any atom is 0.238 e. The molecule has 118 valence electrons. The van der Waals surface area contributed by atoms with E-state index >= 15 is 0 Å². The Kier molecular flexibility index (Phi) is 3.23. The molecule has 3 aliphatic rings. The van der Waals surface area contributed by atoms with Gasteiger partial charge in [0.25, 0.3) is 0 Å². The smallest absolute Gasteiger partial charge is 0.238 e. The molecule has 0 spiro atoms. The predicted molar refractivity (Wildman–Crippen MR) is 90.4 cm³/mol. The third-order valence-electron chi connectivity index (χ3n) is 5.14. The van der Waals surface area contributed by atoms with Crippen LogP contribution in [0.2, 0.25) is 10.0 Å². The summed E-state index contributed by atoms with van der Waals surface area (Å²) in [5, 5.41) is 0.800. The van der Waals surface area contributed by atoms with Crippen LogP contribution in [0.25, 0.3) is 0 Å². The van der Waals surface area contributed by atoms with Crippen molar-refractivity contribution >= 4 is 40.7 Å². The van der Waals surface area contributed by atoms with E-state index in [-0.39, 0.29) is 35.5 Å². The zero-order valence-corrected chi connectivity index (χ0v) is 14.2. The van der Waals surface area contributed by atoms with Crippen LogP contribution in [0, 0.1) is 23.7 Å². The molecule has 1 saturated carbocycles. The highest BCUT2D eigenvalue weighted by Crippen LogP contribution is 2.57. The molecule has 1 saturated heterocycles. The Hall–Kier alpha value is -1.58. The molecule has 1 heterocycles. The van der Waals surface area contributed by atoms with E-state index in [4.69, 9.17) is 23.2 Å². The highest BCUT2D eigenvalue weighted by molar-refractivity contribution is 6.38. The predicted octanol–water partition coefficient (Wildman–Crippen LogP) is 4.25. The molecule has 0 radical (unpaired) electrons. The summed E-state index contributed by atoms with van der Waals surface area (Å²) < 4.78 is 0. The summed E-state index contributed by atoms with van der Waals surface area (Å²) >= 11 is 12.1. The minimum Gasteiger partial charge on any atom is -0.274 e. The number of anilines is 1. The molecule has 2 bridgehead atoms. The van der Waals surface area contributed by atoms with Crippen LogP contribution in [0.3, 0.4) is 0 Å². The van der Waals surface area contributed by atoms with E-state index < -0.39 is 0 Å². The van der Waals surface area contributed by atoms with Crippen molar-refractivity contribution < 1.29 is 9.59 Å². The van der Waals surface area contributed by atoms with Crippen LogP contribution in [0.1, 0.15) is 13.8 Å². The van der Waals surface area contributed by atoms with Crippen molar-refractivity contribution in [1.29, 1.82) is 0 Å².